The number of anilines is 2. The number of nitrogens with one attached hydrogen (secondary N) is 5. The van der Waals surface area contributed by atoms with Gasteiger partial charge in [-0.1, -0.05) is 17.7 Å². The van der Waals surface area contributed by atoms with E-state index >= 15 is 0 Å². The zero-order chi connectivity index (χ0) is 89.8. The molecule has 35 nitrogen and oxygen atoms in total. The van der Waals surface area contributed by atoms with Gasteiger partial charge in [0.25, 0.3) is 33.7 Å². The molecule has 6 aliphatic heterocycles. The van der Waals surface area contributed by atoms with Gasteiger partial charge >= 0.3 is 0 Å². The van der Waals surface area contributed by atoms with Crippen molar-refractivity contribution in [3.8, 4) is 45.5 Å². The Balaban J connectivity index is 0.000000174. The molecule has 15 rings (SSSR count). The molecular weight excluding hydrogens is 1670 g/mol. The average Bonchev–Trinajstić information content (AvgIpc) is 1.61. The summed E-state index contributed by atoms with van der Waals surface area (Å²) in [5.74, 6) is -2.33. The second-order valence-corrected chi connectivity index (χ2v) is 33.0. The van der Waals surface area contributed by atoms with Crippen molar-refractivity contribution >= 4 is 90.8 Å². The molecule has 676 valence electrons. The zero-order valence-corrected chi connectivity index (χ0v) is 72.5. The van der Waals surface area contributed by atoms with Crippen molar-refractivity contribution in [3.05, 3.63) is 161 Å². The predicted molar refractivity (Wildman–Crippen MR) is 459 cm³/mol. The van der Waals surface area contributed by atoms with E-state index in [0.29, 0.717) is 81.4 Å². The van der Waals surface area contributed by atoms with Gasteiger partial charge in [0.15, 0.2) is 23.1 Å². The van der Waals surface area contributed by atoms with Crippen LogP contribution in [-0.2, 0) is 61.9 Å². The summed E-state index contributed by atoms with van der Waals surface area (Å²) >= 11 is 0. The Morgan fingerprint density at radius 1 is 0.480 bits per heavy atom. The van der Waals surface area contributed by atoms with E-state index in [1.165, 1.54) is 48.5 Å². The third-order valence-corrected chi connectivity index (χ3v) is 22.7. The quantitative estimate of drug-likeness (QED) is 0.0138. The first kappa shape index (κ1) is 92.8. The lowest BCUT2D eigenvalue weighted by molar-refractivity contribution is -0.137. The van der Waals surface area contributed by atoms with Crippen LogP contribution in [0.1, 0.15) is 114 Å². The number of nitrogens with zero attached hydrogens (tertiary/aromatic N) is 9. The highest BCUT2D eigenvalue weighted by Crippen LogP contribution is 2.38. The van der Waals surface area contributed by atoms with E-state index in [1.54, 1.807) is 48.8 Å². The van der Waals surface area contributed by atoms with E-state index in [4.69, 9.17) is 51.6 Å². The van der Waals surface area contributed by atoms with Gasteiger partial charge in [-0.05, 0) is 146 Å². The number of halogens is 2. The molecule has 5 aromatic carbocycles. The number of fused-ring (bicyclic) bond motifs is 4. The molecule has 2 unspecified atom stereocenters. The molecule has 4 aromatic heterocycles. The van der Waals surface area contributed by atoms with Crippen LogP contribution in [0.25, 0.3) is 44.3 Å². The monoisotopic (exact) mass is 1770 g/mol. The van der Waals surface area contributed by atoms with E-state index in [1.807, 2.05) is 58.9 Å². The van der Waals surface area contributed by atoms with E-state index in [2.05, 4.69) is 74.9 Å². The highest BCUT2D eigenvalue weighted by Gasteiger charge is 2.47. The van der Waals surface area contributed by atoms with Gasteiger partial charge in [0, 0.05) is 117 Å². The van der Waals surface area contributed by atoms with Crippen molar-refractivity contribution in [2.45, 2.75) is 115 Å². The fourth-order valence-corrected chi connectivity index (χ4v) is 16.0. The number of H-pyrrole nitrogens is 2. The first-order chi connectivity index (χ1) is 61.2. The first-order valence-corrected chi connectivity index (χ1v) is 43.6. The maximum Gasteiger partial charge on any atom is 0.297 e. The number of aromatic nitrogens is 6. The SMILES string of the molecule is CC(C)Oc1cc2c(-c3ccnc(N4CCN(CCOCCOCCOCCOc5ccc6c(c5)C(=O)N(C5CCC(=O)NC5=O)C6=O)[C@@H](C)C4)c3)n[nH]c2cc1F.CC(C)Oc1cc2c(-c3ccnc(N4CCN[C@@H](C)C4)c3)n[nH]c2cc1F.Cc1ccc(S(=O)(=O)OCCOCCOCCOCCOc2ccc3c(c2)C(=O)N(C2CCC(=O)NC2=O)C3=O)cc1. The van der Waals surface area contributed by atoms with Crippen LogP contribution in [0.3, 0.4) is 0 Å². The van der Waals surface area contributed by atoms with Crippen LogP contribution in [0.2, 0.25) is 0 Å². The summed E-state index contributed by atoms with van der Waals surface area (Å²) in [5.41, 5.74) is 6.18. The Morgan fingerprint density at radius 2 is 0.913 bits per heavy atom. The second kappa shape index (κ2) is 43.6. The van der Waals surface area contributed by atoms with Gasteiger partial charge in [0.05, 0.1) is 136 Å². The van der Waals surface area contributed by atoms with Gasteiger partial charge in [-0.3, -0.25) is 78.1 Å². The largest absolute Gasteiger partial charge is 0.491 e. The highest BCUT2D eigenvalue weighted by molar-refractivity contribution is 7.86. The van der Waals surface area contributed by atoms with Crippen LogP contribution in [0, 0.1) is 18.6 Å². The van der Waals surface area contributed by atoms with Gasteiger partial charge in [0.1, 0.15) is 59.8 Å². The molecule has 4 saturated heterocycles. The fraction of sp³-hybridized carbons (Fsp3) is 0.438. The lowest BCUT2D eigenvalue weighted by Crippen LogP contribution is -2.54. The van der Waals surface area contributed by atoms with Gasteiger partial charge in [-0.25, -0.2) is 18.7 Å². The maximum atomic E-state index is 14.6. The molecule has 4 fully saturated rings. The number of amides is 8. The number of ether oxygens (including phenoxy) is 10. The van der Waals surface area contributed by atoms with Crippen LogP contribution in [0.5, 0.6) is 23.0 Å². The molecule has 5 N–H and O–H groups in total. The number of hydrogen-bond donors (Lipinski definition) is 5. The maximum absolute atomic E-state index is 14.6. The summed E-state index contributed by atoms with van der Waals surface area (Å²) in [5, 5.41) is 24.2. The summed E-state index contributed by atoms with van der Waals surface area (Å²) in [4.78, 5) is 117. The van der Waals surface area contributed by atoms with Crippen molar-refractivity contribution in [1.82, 2.24) is 61.0 Å². The summed E-state index contributed by atoms with van der Waals surface area (Å²) in [7, 11) is -3.82. The molecular formula is C89H104F2N14O21S. The number of carbonyl (C=O) groups excluding carboxylic acids is 8. The molecule has 4 atom stereocenters. The molecule has 0 spiro atoms. The minimum absolute atomic E-state index is 0.0516. The molecule has 10 heterocycles. The third kappa shape index (κ3) is 23.9. The Kier molecular flexibility index (Phi) is 31.8. The molecule has 0 aliphatic carbocycles. The standard InChI is InChI=1S/C41H48FN7O9.C28H32N2O11S.C20H24FN5O/c1-25(2)58-35-22-31-33(23-32(35)42)45-46-38(31)27-8-9-43-36(20-27)48-11-10-47(26(3)24-48)12-13-54-14-15-55-16-17-56-18-19-57-28-4-5-29-30(21-28)41(53)49(40(29)52)34-6-7-37(50)44-39(34)51;1-19-2-5-21(6-3-19)42(35,36)41-17-15-39-13-11-37-10-12-38-14-16-40-20-4-7-22-23(18-20)28(34)30(27(22)33)24-8-9-25(31)29-26(24)32;1-12(2)27-18-9-15-17(10-16(18)21)24-25-20(15)14-4-5-23-19(8-14)26-7-6-22-13(3)11-26/h4-5,8-9,20-23,25-26,34H,6-7,10-19,24H2,1-3H3,(H,45,46)(H,44,50,51);2-7,18,24H,8-17H2,1H3,(H,29,31,32);4-5,8-10,12-13,22H,6-7,11H2,1-3H3,(H,24,25)/t26-,34?;;13-/m0.0/s1. The van der Waals surface area contributed by atoms with Gasteiger partial charge in [0.2, 0.25) is 23.6 Å². The smallest absolute Gasteiger partial charge is 0.297 e. The number of benzene rings is 5. The van der Waals surface area contributed by atoms with Crippen molar-refractivity contribution < 1.29 is 107 Å². The Labute approximate surface area is 732 Å². The van der Waals surface area contributed by atoms with Crippen LogP contribution < -0.4 is 44.7 Å². The number of imide groups is 4. The molecule has 6 aliphatic rings. The summed E-state index contributed by atoms with van der Waals surface area (Å²) in [6.07, 6.45) is 3.62. The molecule has 9 aromatic rings. The van der Waals surface area contributed by atoms with Crippen LogP contribution in [-0.4, -0.2) is 282 Å². The lowest BCUT2D eigenvalue weighted by atomic mass is 10.0. The molecule has 8 amide bonds. The van der Waals surface area contributed by atoms with Gasteiger partial charge < -0.3 is 62.5 Å². The molecule has 38 heteroatoms. The lowest BCUT2D eigenvalue weighted by Gasteiger charge is -2.40. The van der Waals surface area contributed by atoms with Gasteiger partial charge in [-0.15, -0.1) is 0 Å². The second-order valence-electron chi connectivity index (χ2n) is 31.3. The number of aryl methyl sites for hydroxylation is 1. The minimum atomic E-state index is -3.82. The number of rotatable bonds is 38. The molecule has 0 saturated carbocycles. The van der Waals surface area contributed by atoms with Crippen molar-refractivity contribution in [2.75, 3.05) is 155 Å². The Bertz CT molecular complexity index is 5550. The highest BCUT2D eigenvalue weighted by atomic mass is 32.2. The van der Waals surface area contributed by atoms with Gasteiger partial charge in [-0.2, -0.15) is 18.6 Å². The molecule has 127 heavy (non-hydrogen) atoms. The zero-order valence-electron chi connectivity index (χ0n) is 71.7. The average molecular weight is 1780 g/mol. The van der Waals surface area contributed by atoms with E-state index in [-0.39, 0.29) is 129 Å². The molecule has 0 radical (unpaired) electrons. The van der Waals surface area contributed by atoms with Crippen LogP contribution in [0.4, 0.5) is 20.4 Å². The number of hydrogen-bond acceptors (Lipinski definition) is 29. The summed E-state index contributed by atoms with van der Waals surface area (Å²) in [6.45, 7) is 24.1. The number of aromatic amines is 2. The van der Waals surface area contributed by atoms with Crippen molar-refractivity contribution in [3.63, 3.8) is 0 Å². The number of piperidine rings is 2. The summed E-state index contributed by atoms with van der Waals surface area (Å²) in [6, 6.07) is 28.3. The van der Waals surface area contributed by atoms with E-state index in [9.17, 15) is 55.6 Å². The minimum Gasteiger partial charge on any atom is -0.491 e. The first-order valence-electron chi connectivity index (χ1n) is 42.2. The van der Waals surface area contributed by atoms with Crippen LogP contribution in [0.15, 0.2) is 126 Å². The fourth-order valence-electron chi connectivity index (χ4n) is 15.1. The molecule has 0 bridgehead atoms. The summed E-state index contributed by atoms with van der Waals surface area (Å²) < 4.78 is 114. The number of pyridine rings is 2. The van der Waals surface area contributed by atoms with E-state index < -0.39 is 81.1 Å². The Hall–Kier alpha value is -11.9. The topological polar surface area (TPSA) is 408 Å². The van der Waals surface area contributed by atoms with Crippen molar-refractivity contribution in [1.29, 1.82) is 0 Å². The van der Waals surface area contributed by atoms with Crippen LogP contribution >= 0.6 is 0 Å². The normalized spacial score (nSPS) is 17.9. The number of carbonyl (C=O) groups is 8. The van der Waals surface area contributed by atoms with E-state index in [0.717, 1.165) is 106 Å². The van der Waals surface area contributed by atoms with Crippen molar-refractivity contribution in [2.24, 2.45) is 0 Å². The number of piperazine rings is 2. The third-order valence-electron chi connectivity index (χ3n) is 21.4. The predicted octanol–water partition coefficient (Wildman–Crippen LogP) is 8.17. The Morgan fingerprint density at radius 3 is 1.35 bits per heavy atom.